The van der Waals surface area contributed by atoms with Crippen LogP contribution < -0.4 is 10.2 Å². The van der Waals surface area contributed by atoms with Gasteiger partial charge < -0.3 is 15.1 Å². The standard InChI is InChI=1S/C15H23N3O2S/c1-12(17-7-9-18(10-8-17)13(2)19)15(20)16-6-5-14-4-3-11-21-14/h3-4,11-12H,5-10H2,1-2H3,(H,16,20)/p+1/t12-/m1/s1. The Hall–Kier alpha value is -1.40. The van der Waals surface area contributed by atoms with Gasteiger partial charge >= 0.3 is 0 Å². The summed E-state index contributed by atoms with van der Waals surface area (Å²) in [5, 5.41) is 5.07. The van der Waals surface area contributed by atoms with Gasteiger partial charge in [-0.05, 0) is 24.8 Å². The van der Waals surface area contributed by atoms with E-state index in [2.05, 4.69) is 16.8 Å². The van der Waals surface area contributed by atoms with Crippen LogP contribution in [0.4, 0.5) is 0 Å². The summed E-state index contributed by atoms with van der Waals surface area (Å²) in [4.78, 5) is 27.9. The monoisotopic (exact) mass is 310 g/mol. The van der Waals surface area contributed by atoms with Crippen molar-refractivity contribution in [2.75, 3.05) is 32.7 Å². The Morgan fingerprint density at radius 3 is 2.71 bits per heavy atom. The predicted molar refractivity (Wildman–Crippen MR) is 83.4 cm³/mol. The molecule has 116 valence electrons. The largest absolute Gasteiger partial charge is 0.351 e. The summed E-state index contributed by atoms with van der Waals surface area (Å²) in [5.74, 6) is 0.236. The van der Waals surface area contributed by atoms with Crippen molar-refractivity contribution < 1.29 is 14.5 Å². The van der Waals surface area contributed by atoms with Crippen LogP contribution in [0.1, 0.15) is 18.7 Å². The summed E-state index contributed by atoms with van der Waals surface area (Å²) in [5.41, 5.74) is 0. The fourth-order valence-electron chi connectivity index (χ4n) is 2.64. The summed E-state index contributed by atoms with van der Waals surface area (Å²) in [6.45, 7) is 7.45. The van der Waals surface area contributed by atoms with Gasteiger partial charge in [0, 0.05) is 18.3 Å². The quantitative estimate of drug-likeness (QED) is 0.773. The minimum absolute atomic E-state index is 0.0533. The molecule has 2 N–H and O–H groups in total. The van der Waals surface area contributed by atoms with Crippen LogP contribution in [0.3, 0.4) is 0 Å². The van der Waals surface area contributed by atoms with E-state index in [1.165, 1.54) is 9.78 Å². The topological polar surface area (TPSA) is 53.9 Å². The Kier molecular flexibility index (Phi) is 5.76. The Morgan fingerprint density at radius 1 is 1.43 bits per heavy atom. The molecule has 6 heteroatoms. The first-order valence-corrected chi connectivity index (χ1v) is 8.36. The predicted octanol–water partition coefficient (Wildman–Crippen LogP) is -0.458. The second kappa shape index (κ2) is 7.56. The average Bonchev–Trinajstić information content (AvgIpc) is 2.99. The van der Waals surface area contributed by atoms with E-state index in [-0.39, 0.29) is 17.9 Å². The Morgan fingerprint density at radius 2 is 2.14 bits per heavy atom. The van der Waals surface area contributed by atoms with E-state index in [1.807, 2.05) is 17.9 Å². The first kappa shape index (κ1) is 16.0. The Balaban J connectivity index is 1.71. The highest BCUT2D eigenvalue weighted by atomic mass is 32.1. The molecular formula is C15H24N3O2S+. The number of nitrogens with zero attached hydrogens (tertiary/aromatic N) is 1. The van der Waals surface area contributed by atoms with Gasteiger partial charge in [0.15, 0.2) is 6.04 Å². The van der Waals surface area contributed by atoms with Crippen LogP contribution in [0.5, 0.6) is 0 Å². The summed E-state index contributed by atoms with van der Waals surface area (Å²) in [6.07, 6.45) is 0.892. The molecule has 0 saturated carbocycles. The zero-order valence-electron chi connectivity index (χ0n) is 12.7. The van der Waals surface area contributed by atoms with Gasteiger partial charge in [0.05, 0.1) is 26.2 Å². The number of rotatable bonds is 5. The van der Waals surface area contributed by atoms with Crippen molar-refractivity contribution in [3.05, 3.63) is 22.4 Å². The first-order chi connectivity index (χ1) is 10.1. The minimum Gasteiger partial charge on any atom is -0.351 e. The number of carbonyl (C=O) groups is 2. The smallest absolute Gasteiger partial charge is 0.278 e. The molecule has 5 nitrogen and oxygen atoms in total. The number of thiophene rings is 1. The van der Waals surface area contributed by atoms with E-state index in [4.69, 9.17) is 0 Å². The van der Waals surface area contributed by atoms with Crippen LogP contribution in [-0.2, 0) is 16.0 Å². The summed E-state index contributed by atoms with van der Waals surface area (Å²) >= 11 is 1.72. The van der Waals surface area contributed by atoms with Crippen molar-refractivity contribution in [3.8, 4) is 0 Å². The molecule has 0 bridgehead atoms. The molecular weight excluding hydrogens is 286 g/mol. The molecule has 0 aliphatic carbocycles. The van der Waals surface area contributed by atoms with Gasteiger partial charge in [-0.3, -0.25) is 9.59 Å². The summed E-state index contributed by atoms with van der Waals surface area (Å²) < 4.78 is 0. The van der Waals surface area contributed by atoms with Crippen LogP contribution in [0.25, 0.3) is 0 Å². The minimum atomic E-state index is -0.0533. The van der Waals surface area contributed by atoms with E-state index >= 15 is 0 Å². The molecule has 2 rings (SSSR count). The lowest BCUT2D eigenvalue weighted by Gasteiger charge is -2.34. The van der Waals surface area contributed by atoms with Crippen molar-refractivity contribution in [3.63, 3.8) is 0 Å². The molecule has 1 aliphatic heterocycles. The van der Waals surface area contributed by atoms with Crippen LogP contribution in [0, 0.1) is 0 Å². The maximum absolute atomic E-state index is 12.2. The lowest BCUT2D eigenvalue weighted by Crippen LogP contribution is -3.19. The van der Waals surface area contributed by atoms with Crippen molar-refractivity contribution in [2.45, 2.75) is 26.3 Å². The van der Waals surface area contributed by atoms with Gasteiger partial charge in [0.25, 0.3) is 5.91 Å². The van der Waals surface area contributed by atoms with Gasteiger partial charge in [0.1, 0.15) is 0 Å². The summed E-state index contributed by atoms with van der Waals surface area (Å²) in [7, 11) is 0. The van der Waals surface area contributed by atoms with Crippen molar-refractivity contribution in [1.82, 2.24) is 10.2 Å². The molecule has 0 aromatic carbocycles. The molecule has 1 saturated heterocycles. The van der Waals surface area contributed by atoms with Crippen molar-refractivity contribution >= 4 is 23.2 Å². The Bertz CT molecular complexity index is 467. The van der Waals surface area contributed by atoms with Crippen LogP contribution in [-0.4, -0.2) is 55.5 Å². The molecule has 1 aliphatic rings. The number of piperazine rings is 1. The zero-order valence-corrected chi connectivity index (χ0v) is 13.5. The second-order valence-electron chi connectivity index (χ2n) is 5.51. The SMILES string of the molecule is CC(=O)N1CC[NH+]([C@H](C)C(=O)NCCc2cccs2)CC1. The highest BCUT2D eigenvalue weighted by molar-refractivity contribution is 7.09. The highest BCUT2D eigenvalue weighted by Crippen LogP contribution is 2.07. The lowest BCUT2D eigenvalue weighted by molar-refractivity contribution is -0.918. The van der Waals surface area contributed by atoms with Crippen molar-refractivity contribution in [1.29, 1.82) is 0 Å². The normalized spacial score (nSPS) is 17.5. The molecule has 0 radical (unpaired) electrons. The maximum Gasteiger partial charge on any atom is 0.278 e. The average molecular weight is 310 g/mol. The van der Waals surface area contributed by atoms with Gasteiger partial charge in [-0.1, -0.05) is 6.07 Å². The van der Waals surface area contributed by atoms with E-state index in [9.17, 15) is 9.59 Å². The molecule has 2 heterocycles. The zero-order chi connectivity index (χ0) is 15.2. The van der Waals surface area contributed by atoms with Gasteiger partial charge in [-0.25, -0.2) is 0 Å². The molecule has 2 amide bonds. The maximum atomic E-state index is 12.2. The fraction of sp³-hybridized carbons (Fsp3) is 0.600. The van der Waals surface area contributed by atoms with Gasteiger partial charge in [0.2, 0.25) is 5.91 Å². The lowest BCUT2D eigenvalue weighted by atomic mass is 10.2. The molecule has 1 aromatic rings. The molecule has 0 spiro atoms. The van der Waals surface area contributed by atoms with Crippen LogP contribution in [0.2, 0.25) is 0 Å². The number of nitrogens with one attached hydrogen (secondary N) is 2. The third kappa shape index (κ3) is 4.54. The van der Waals surface area contributed by atoms with Gasteiger partial charge in [-0.15, -0.1) is 11.3 Å². The molecule has 1 fully saturated rings. The number of quaternary nitrogens is 1. The summed E-state index contributed by atoms with van der Waals surface area (Å²) in [6, 6.07) is 4.07. The second-order valence-corrected chi connectivity index (χ2v) is 6.54. The fourth-order valence-corrected chi connectivity index (χ4v) is 3.35. The third-order valence-electron chi connectivity index (χ3n) is 4.11. The van der Waals surface area contributed by atoms with Gasteiger partial charge in [-0.2, -0.15) is 0 Å². The molecule has 0 unspecified atom stereocenters. The van der Waals surface area contributed by atoms with E-state index in [1.54, 1.807) is 18.3 Å². The molecule has 21 heavy (non-hydrogen) atoms. The number of amides is 2. The number of hydrogen-bond donors (Lipinski definition) is 2. The van der Waals surface area contributed by atoms with Crippen LogP contribution in [0.15, 0.2) is 17.5 Å². The first-order valence-electron chi connectivity index (χ1n) is 7.48. The molecule has 1 aromatic heterocycles. The van der Waals surface area contributed by atoms with E-state index in [0.717, 1.165) is 32.6 Å². The van der Waals surface area contributed by atoms with Crippen molar-refractivity contribution in [2.24, 2.45) is 0 Å². The highest BCUT2D eigenvalue weighted by Gasteiger charge is 2.29. The van der Waals surface area contributed by atoms with E-state index in [0.29, 0.717) is 6.54 Å². The van der Waals surface area contributed by atoms with E-state index < -0.39 is 0 Å². The number of hydrogen-bond acceptors (Lipinski definition) is 3. The number of carbonyl (C=O) groups excluding carboxylic acids is 2. The molecule has 1 atom stereocenters. The van der Waals surface area contributed by atoms with Crippen LogP contribution >= 0.6 is 11.3 Å². The Labute approximate surface area is 129 Å². The third-order valence-corrected chi connectivity index (χ3v) is 5.04.